The van der Waals surface area contributed by atoms with E-state index < -0.39 is 0 Å². The van der Waals surface area contributed by atoms with Crippen LogP contribution in [0, 0.1) is 6.92 Å². The van der Waals surface area contributed by atoms with Gasteiger partial charge >= 0.3 is 0 Å². The first-order valence-corrected chi connectivity index (χ1v) is 12.8. The zero-order valence-corrected chi connectivity index (χ0v) is 20.4. The molecule has 174 valence electrons. The molecule has 1 atom stereocenters. The highest BCUT2D eigenvalue weighted by molar-refractivity contribution is 7.19. The topological polar surface area (TPSA) is 51.0 Å². The van der Waals surface area contributed by atoms with Crippen molar-refractivity contribution in [3.63, 3.8) is 0 Å². The quantitative estimate of drug-likeness (QED) is 0.341. The van der Waals surface area contributed by atoms with Gasteiger partial charge in [-0.15, -0.1) is 11.3 Å². The van der Waals surface area contributed by atoms with Crippen LogP contribution in [-0.2, 0) is 19.5 Å². The molecule has 35 heavy (non-hydrogen) atoms. The second-order valence-corrected chi connectivity index (χ2v) is 10.2. The van der Waals surface area contributed by atoms with Crippen molar-refractivity contribution in [2.75, 3.05) is 6.54 Å². The van der Waals surface area contributed by atoms with Crippen molar-refractivity contribution in [3.8, 4) is 0 Å². The number of hydrogen-bond acceptors (Lipinski definition) is 5. The summed E-state index contributed by atoms with van der Waals surface area (Å²) < 4.78 is 3.14. The van der Waals surface area contributed by atoms with E-state index in [-0.39, 0.29) is 11.6 Å². The lowest BCUT2D eigenvalue weighted by molar-refractivity contribution is 0.242. The molecule has 0 spiro atoms. The Morgan fingerprint density at radius 3 is 2.60 bits per heavy atom. The van der Waals surface area contributed by atoms with Crippen LogP contribution in [0.2, 0.25) is 0 Å². The molecule has 6 heteroatoms. The Kier molecular flexibility index (Phi) is 5.76. The molecule has 5 aromatic rings. The van der Waals surface area contributed by atoms with Crippen LogP contribution in [0.15, 0.2) is 89.9 Å². The lowest BCUT2D eigenvalue weighted by atomic mass is 10.0. The van der Waals surface area contributed by atoms with Gasteiger partial charge < -0.3 is 0 Å². The Labute approximate surface area is 208 Å². The van der Waals surface area contributed by atoms with E-state index in [0.717, 1.165) is 47.8 Å². The van der Waals surface area contributed by atoms with Crippen molar-refractivity contribution >= 4 is 21.4 Å². The van der Waals surface area contributed by atoms with Gasteiger partial charge in [-0.25, -0.2) is 4.98 Å². The van der Waals surface area contributed by atoms with Gasteiger partial charge in [0.1, 0.15) is 11.9 Å². The van der Waals surface area contributed by atoms with Crippen LogP contribution in [0.1, 0.15) is 39.3 Å². The largest absolute Gasteiger partial charge is 0.293 e. The minimum Gasteiger partial charge on any atom is -0.293 e. The molecular formula is C29H26N4OS. The Morgan fingerprint density at radius 2 is 1.80 bits per heavy atom. The first kappa shape index (κ1) is 21.9. The van der Waals surface area contributed by atoms with Gasteiger partial charge in [0, 0.05) is 41.8 Å². The Morgan fingerprint density at radius 1 is 1.00 bits per heavy atom. The SMILES string of the molecule is Cc1nc2c(c(=O)n1C(c1ccccc1)c1ccccn1)CN(Cc1cc3ccccc3s1)CC2. The number of pyridine rings is 1. The van der Waals surface area contributed by atoms with Crippen molar-refractivity contribution in [2.24, 2.45) is 0 Å². The molecule has 5 nitrogen and oxygen atoms in total. The number of aryl methyl sites for hydroxylation is 1. The highest BCUT2D eigenvalue weighted by Gasteiger charge is 2.27. The van der Waals surface area contributed by atoms with Crippen LogP contribution in [0.5, 0.6) is 0 Å². The van der Waals surface area contributed by atoms with E-state index in [4.69, 9.17) is 4.98 Å². The molecule has 0 N–H and O–H groups in total. The van der Waals surface area contributed by atoms with Crippen molar-refractivity contribution < 1.29 is 0 Å². The van der Waals surface area contributed by atoms with E-state index in [9.17, 15) is 4.79 Å². The summed E-state index contributed by atoms with van der Waals surface area (Å²) in [6, 6.07) is 26.4. The van der Waals surface area contributed by atoms with Gasteiger partial charge in [0.25, 0.3) is 5.56 Å². The number of hydrogen-bond donors (Lipinski definition) is 0. The second-order valence-electron chi connectivity index (χ2n) is 9.04. The minimum absolute atomic E-state index is 0.0352. The van der Waals surface area contributed by atoms with Crippen molar-refractivity contribution in [2.45, 2.75) is 32.5 Å². The Hall–Kier alpha value is -3.61. The summed E-state index contributed by atoms with van der Waals surface area (Å²) >= 11 is 1.83. The molecule has 0 saturated heterocycles. The van der Waals surface area contributed by atoms with E-state index in [1.807, 2.05) is 59.2 Å². The summed E-state index contributed by atoms with van der Waals surface area (Å²) in [5.41, 5.74) is 3.64. The summed E-state index contributed by atoms with van der Waals surface area (Å²) in [5, 5.41) is 1.28. The third kappa shape index (κ3) is 4.20. The predicted octanol–water partition coefficient (Wildman–Crippen LogP) is 5.36. The molecule has 1 aliphatic heterocycles. The number of benzene rings is 2. The minimum atomic E-state index is -0.319. The number of fused-ring (bicyclic) bond motifs is 2. The zero-order valence-electron chi connectivity index (χ0n) is 19.6. The fourth-order valence-corrected chi connectivity index (χ4v) is 6.17. The van der Waals surface area contributed by atoms with E-state index in [1.54, 1.807) is 6.20 Å². The monoisotopic (exact) mass is 478 g/mol. The summed E-state index contributed by atoms with van der Waals surface area (Å²) in [6.45, 7) is 4.29. The highest BCUT2D eigenvalue weighted by atomic mass is 32.1. The molecule has 6 rings (SSSR count). The van der Waals surface area contributed by atoms with Crippen LogP contribution in [0.3, 0.4) is 0 Å². The van der Waals surface area contributed by atoms with Gasteiger partial charge in [-0.05, 0) is 42.1 Å². The number of nitrogens with zero attached hydrogens (tertiary/aromatic N) is 4. The second kappa shape index (κ2) is 9.21. The molecule has 0 saturated carbocycles. The maximum absolute atomic E-state index is 14.0. The van der Waals surface area contributed by atoms with Crippen LogP contribution in [-0.4, -0.2) is 26.0 Å². The fraction of sp³-hybridized carbons (Fsp3) is 0.207. The van der Waals surface area contributed by atoms with Crippen LogP contribution in [0.25, 0.3) is 10.1 Å². The first-order chi connectivity index (χ1) is 17.2. The molecule has 2 aromatic carbocycles. The lowest BCUT2D eigenvalue weighted by Crippen LogP contribution is -2.40. The van der Waals surface area contributed by atoms with Gasteiger partial charge in [0.2, 0.25) is 0 Å². The third-order valence-electron chi connectivity index (χ3n) is 6.71. The lowest BCUT2D eigenvalue weighted by Gasteiger charge is -2.30. The number of thiophene rings is 1. The maximum Gasteiger partial charge on any atom is 0.259 e. The van der Waals surface area contributed by atoms with Gasteiger partial charge in [0.15, 0.2) is 0 Å². The Bertz CT molecular complexity index is 1470. The van der Waals surface area contributed by atoms with Crippen molar-refractivity contribution in [1.82, 2.24) is 19.4 Å². The molecule has 3 aromatic heterocycles. The Balaban J connectivity index is 1.38. The van der Waals surface area contributed by atoms with E-state index >= 15 is 0 Å². The highest BCUT2D eigenvalue weighted by Crippen LogP contribution is 2.29. The van der Waals surface area contributed by atoms with E-state index in [0.29, 0.717) is 6.54 Å². The van der Waals surface area contributed by atoms with Gasteiger partial charge in [0.05, 0.1) is 17.0 Å². The molecule has 0 amide bonds. The standard InChI is InChI=1S/C29H26N4OS/c1-20-31-25-14-16-32(18-23-17-22-11-5-6-13-27(22)35-23)19-24(25)29(34)33(20)28(21-9-3-2-4-10-21)26-12-7-8-15-30-26/h2-13,15,17,28H,14,16,18-19H2,1H3. The van der Waals surface area contributed by atoms with Gasteiger partial charge in [-0.3, -0.25) is 19.2 Å². The summed E-state index contributed by atoms with van der Waals surface area (Å²) in [4.78, 5) is 27.3. The predicted molar refractivity (Wildman–Crippen MR) is 141 cm³/mol. The fourth-order valence-electron chi connectivity index (χ4n) is 5.06. The molecule has 0 aliphatic carbocycles. The normalized spacial score (nSPS) is 14.7. The first-order valence-electron chi connectivity index (χ1n) is 11.9. The van der Waals surface area contributed by atoms with Crippen molar-refractivity contribution in [3.05, 3.63) is 129 Å². The molecule has 1 unspecified atom stereocenters. The van der Waals surface area contributed by atoms with Crippen LogP contribution >= 0.6 is 11.3 Å². The van der Waals surface area contributed by atoms with Gasteiger partial charge in [-0.1, -0.05) is 54.6 Å². The smallest absolute Gasteiger partial charge is 0.259 e. The van der Waals surface area contributed by atoms with Crippen LogP contribution < -0.4 is 5.56 Å². The third-order valence-corrected chi connectivity index (χ3v) is 7.82. The van der Waals surface area contributed by atoms with Crippen LogP contribution in [0.4, 0.5) is 0 Å². The average molecular weight is 479 g/mol. The zero-order chi connectivity index (χ0) is 23.8. The van der Waals surface area contributed by atoms with Crippen molar-refractivity contribution in [1.29, 1.82) is 0 Å². The molecular weight excluding hydrogens is 452 g/mol. The summed E-state index contributed by atoms with van der Waals surface area (Å²) in [7, 11) is 0. The number of rotatable bonds is 5. The molecule has 0 radical (unpaired) electrons. The van der Waals surface area contributed by atoms with Gasteiger partial charge in [-0.2, -0.15) is 0 Å². The molecule has 0 bridgehead atoms. The maximum atomic E-state index is 14.0. The summed E-state index contributed by atoms with van der Waals surface area (Å²) in [6.07, 6.45) is 2.57. The van der Waals surface area contributed by atoms with E-state index in [1.165, 1.54) is 15.0 Å². The number of aromatic nitrogens is 3. The summed E-state index contributed by atoms with van der Waals surface area (Å²) in [5.74, 6) is 0.728. The average Bonchev–Trinajstić information content (AvgIpc) is 3.30. The van der Waals surface area contributed by atoms with E-state index in [2.05, 4.69) is 52.3 Å². The molecule has 0 fully saturated rings. The molecule has 1 aliphatic rings. The molecule has 4 heterocycles.